The summed E-state index contributed by atoms with van der Waals surface area (Å²) in [5.74, 6) is 0.869. The second-order valence-electron chi connectivity index (χ2n) is 6.62. The van der Waals surface area contributed by atoms with Crippen LogP contribution in [0.1, 0.15) is 31.2 Å². The quantitative estimate of drug-likeness (QED) is 0.740. The van der Waals surface area contributed by atoms with E-state index in [0.29, 0.717) is 25.8 Å². The van der Waals surface area contributed by atoms with Gasteiger partial charge in [0, 0.05) is 24.6 Å². The van der Waals surface area contributed by atoms with Gasteiger partial charge >= 0.3 is 0 Å². The van der Waals surface area contributed by atoms with Crippen molar-refractivity contribution in [1.29, 1.82) is 0 Å². The number of ether oxygens (including phenoxy) is 2. The molecule has 1 aromatic carbocycles. The van der Waals surface area contributed by atoms with E-state index in [1.165, 1.54) is 12.8 Å². The molecule has 23 heavy (non-hydrogen) atoms. The maximum Gasteiger partial charge on any atom is 0.124 e. The van der Waals surface area contributed by atoms with Crippen LogP contribution in [-0.4, -0.2) is 48.3 Å². The molecule has 0 aromatic heterocycles. The Balaban J connectivity index is 1.51. The minimum atomic E-state index is -0.784. The molecule has 0 unspecified atom stereocenters. The van der Waals surface area contributed by atoms with Gasteiger partial charge in [-0.25, -0.2) is 0 Å². The highest BCUT2D eigenvalue weighted by Crippen LogP contribution is 2.26. The molecule has 0 amide bonds. The van der Waals surface area contributed by atoms with Gasteiger partial charge < -0.3 is 25.0 Å². The molecule has 0 spiro atoms. The maximum atomic E-state index is 9.98. The van der Waals surface area contributed by atoms with Gasteiger partial charge in [-0.15, -0.1) is 0 Å². The number of benzene rings is 1. The number of hydrogen-bond donors (Lipinski definition) is 3. The summed E-state index contributed by atoms with van der Waals surface area (Å²) in [4.78, 5) is 0. The minimum Gasteiger partial charge on any atom is -0.490 e. The largest absolute Gasteiger partial charge is 0.490 e. The Hall–Kier alpha value is -1.14. The highest BCUT2D eigenvalue weighted by molar-refractivity contribution is 5.33. The lowest BCUT2D eigenvalue weighted by Gasteiger charge is -2.32. The molecule has 1 aliphatic carbocycles. The number of aliphatic hydroxyl groups excluding tert-OH is 2. The van der Waals surface area contributed by atoms with Gasteiger partial charge in [0.15, 0.2) is 0 Å². The van der Waals surface area contributed by atoms with Crippen LogP contribution in [0.5, 0.6) is 5.75 Å². The number of aliphatic hydroxyl groups is 2. The van der Waals surface area contributed by atoms with Crippen LogP contribution in [0.3, 0.4) is 0 Å². The fourth-order valence-corrected chi connectivity index (χ4v) is 3.37. The topological polar surface area (TPSA) is 71.0 Å². The minimum absolute atomic E-state index is 0.0818. The van der Waals surface area contributed by atoms with Crippen molar-refractivity contribution in [1.82, 2.24) is 5.32 Å². The van der Waals surface area contributed by atoms with Crippen molar-refractivity contribution in [3.8, 4) is 5.75 Å². The molecule has 3 rings (SSSR count). The third-order valence-corrected chi connectivity index (χ3v) is 4.79. The number of nitrogens with one attached hydrogen (secondary N) is 1. The summed E-state index contributed by atoms with van der Waals surface area (Å²) in [5.41, 5.74) is 1.13. The normalized spacial score (nSPS) is 28.9. The summed E-state index contributed by atoms with van der Waals surface area (Å²) in [7, 11) is 0. The van der Waals surface area contributed by atoms with Crippen molar-refractivity contribution in [3.63, 3.8) is 0 Å². The molecule has 1 aromatic rings. The molecule has 1 aliphatic heterocycles. The van der Waals surface area contributed by atoms with Crippen LogP contribution < -0.4 is 10.1 Å². The molecule has 3 N–H and O–H groups in total. The fourth-order valence-electron chi connectivity index (χ4n) is 3.37. The van der Waals surface area contributed by atoms with Crippen molar-refractivity contribution in [2.24, 2.45) is 5.92 Å². The Morgan fingerprint density at radius 3 is 2.74 bits per heavy atom. The molecule has 5 heteroatoms. The first kappa shape index (κ1) is 16.7. The highest BCUT2D eigenvalue weighted by Gasteiger charge is 2.30. The van der Waals surface area contributed by atoms with Crippen LogP contribution in [0.15, 0.2) is 24.3 Å². The summed E-state index contributed by atoms with van der Waals surface area (Å²) >= 11 is 0. The van der Waals surface area contributed by atoms with E-state index in [0.717, 1.165) is 24.2 Å². The summed E-state index contributed by atoms with van der Waals surface area (Å²) in [6.07, 6.45) is 3.64. The van der Waals surface area contributed by atoms with E-state index in [4.69, 9.17) is 9.47 Å². The van der Waals surface area contributed by atoms with Gasteiger partial charge in [-0.1, -0.05) is 18.2 Å². The molecule has 3 atom stereocenters. The SMILES string of the molecule is O[C@H]1[C@H](CNCc2ccccc2OC2CCCC2)COC[C@H]1O. The summed E-state index contributed by atoms with van der Waals surface area (Å²) in [5, 5.41) is 23.0. The fraction of sp³-hybridized carbons (Fsp3) is 0.667. The van der Waals surface area contributed by atoms with E-state index in [1.807, 2.05) is 18.2 Å². The molecule has 0 bridgehead atoms. The monoisotopic (exact) mass is 321 g/mol. The molecular weight excluding hydrogens is 294 g/mol. The zero-order valence-electron chi connectivity index (χ0n) is 13.5. The predicted molar refractivity (Wildman–Crippen MR) is 87.4 cm³/mol. The van der Waals surface area contributed by atoms with Gasteiger partial charge in [0.2, 0.25) is 0 Å². The van der Waals surface area contributed by atoms with Crippen LogP contribution in [-0.2, 0) is 11.3 Å². The molecule has 5 nitrogen and oxygen atoms in total. The van der Waals surface area contributed by atoms with E-state index in [2.05, 4.69) is 11.4 Å². The summed E-state index contributed by atoms with van der Waals surface area (Å²) in [6.45, 7) is 1.99. The Labute approximate surface area is 137 Å². The number of rotatable bonds is 6. The van der Waals surface area contributed by atoms with Gasteiger partial charge in [0.1, 0.15) is 11.9 Å². The number of hydrogen-bond acceptors (Lipinski definition) is 5. The van der Waals surface area contributed by atoms with Crippen molar-refractivity contribution < 1.29 is 19.7 Å². The number of para-hydroxylation sites is 1. The van der Waals surface area contributed by atoms with Crippen LogP contribution in [0.2, 0.25) is 0 Å². The zero-order chi connectivity index (χ0) is 16.1. The lowest BCUT2D eigenvalue weighted by molar-refractivity contribution is -0.119. The van der Waals surface area contributed by atoms with Crippen molar-refractivity contribution in [2.75, 3.05) is 19.8 Å². The lowest BCUT2D eigenvalue weighted by atomic mass is 9.96. The highest BCUT2D eigenvalue weighted by atomic mass is 16.5. The van der Waals surface area contributed by atoms with Gasteiger partial charge in [-0.2, -0.15) is 0 Å². The Kier molecular flexibility index (Phi) is 5.89. The van der Waals surface area contributed by atoms with E-state index in [9.17, 15) is 10.2 Å². The Morgan fingerprint density at radius 2 is 1.91 bits per heavy atom. The second-order valence-corrected chi connectivity index (χ2v) is 6.62. The van der Waals surface area contributed by atoms with E-state index >= 15 is 0 Å². The molecule has 1 saturated carbocycles. The van der Waals surface area contributed by atoms with Gasteiger partial charge in [0.05, 0.1) is 25.4 Å². The summed E-state index contributed by atoms with van der Waals surface area (Å²) < 4.78 is 11.4. The van der Waals surface area contributed by atoms with Crippen LogP contribution in [0.4, 0.5) is 0 Å². The smallest absolute Gasteiger partial charge is 0.124 e. The lowest BCUT2D eigenvalue weighted by Crippen LogP contribution is -2.47. The first-order valence-corrected chi connectivity index (χ1v) is 8.63. The third kappa shape index (κ3) is 4.44. The van der Waals surface area contributed by atoms with Gasteiger partial charge in [-0.05, 0) is 31.7 Å². The molecule has 2 fully saturated rings. The van der Waals surface area contributed by atoms with Crippen molar-refractivity contribution >= 4 is 0 Å². The maximum absolute atomic E-state index is 9.98. The van der Waals surface area contributed by atoms with E-state index in [-0.39, 0.29) is 12.5 Å². The predicted octanol–water partition coefficient (Wildman–Crippen LogP) is 1.47. The van der Waals surface area contributed by atoms with Crippen molar-refractivity contribution in [2.45, 2.75) is 50.5 Å². The van der Waals surface area contributed by atoms with Crippen LogP contribution >= 0.6 is 0 Å². The standard InChI is InChI=1S/C18H27NO4/c20-16-12-22-11-14(18(16)21)10-19-9-13-5-1-4-8-17(13)23-15-6-2-3-7-15/h1,4-5,8,14-16,18-21H,2-3,6-7,9-12H2/t14-,16-,18+/m1/s1. The van der Waals surface area contributed by atoms with Crippen LogP contribution in [0.25, 0.3) is 0 Å². The molecule has 128 valence electrons. The second kappa shape index (κ2) is 8.11. The molecular formula is C18H27NO4. The third-order valence-electron chi connectivity index (χ3n) is 4.79. The van der Waals surface area contributed by atoms with E-state index < -0.39 is 12.2 Å². The van der Waals surface area contributed by atoms with Gasteiger partial charge in [-0.3, -0.25) is 0 Å². The zero-order valence-corrected chi connectivity index (χ0v) is 13.5. The Morgan fingerprint density at radius 1 is 1.13 bits per heavy atom. The van der Waals surface area contributed by atoms with Crippen molar-refractivity contribution in [3.05, 3.63) is 29.8 Å². The molecule has 0 radical (unpaired) electrons. The Bertz CT molecular complexity index is 490. The van der Waals surface area contributed by atoms with Crippen LogP contribution in [0, 0.1) is 5.92 Å². The van der Waals surface area contributed by atoms with Gasteiger partial charge in [0.25, 0.3) is 0 Å². The molecule has 1 heterocycles. The summed E-state index contributed by atoms with van der Waals surface area (Å²) in [6, 6.07) is 8.11. The first-order chi connectivity index (χ1) is 11.2. The average Bonchev–Trinajstić information content (AvgIpc) is 3.06. The average molecular weight is 321 g/mol. The van der Waals surface area contributed by atoms with E-state index in [1.54, 1.807) is 0 Å². The first-order valence-electron chi connectivity index (χ1n) is 8.63. The molecule has 2 aliphatic rings. The molecule has 1 saturated heterocycles.